The van der Waals surface area contributed by atoms with E-state index in [1.54, 1.807) is 0 Å². The third kappa shape index (κ3) is 16.8. The van der Waals surface area contributed by atoms with E-state index in [2.05, 4.69) is 10.6 Å². The second-order valence-electron chi connectivity index (χ2n) is 5.00. The van der Waals surface area contributed by atoms with E-state index in [0.717, 1.165) is 60.5 Å². The Morgan fingerprint density at radius 1 is 0.636 bits per heavy atom. The molecule has 0 aromatic carbocycles. The summed E-state index contributed by atoms with van der Waals surface area (Å²) in [4.78, 5) is 0. The summed E-state index contributed by atoms with van der Waals surface area (Å²) in [5, 5.41) is 6.50. The van der Waals surface area contributed by atoms with Crippen molar-refractivity contribution in [3.63, 3.8) is 0 Å². The van der Waals surface area contributed by atoms with Crippen LogP contribution in [0.5, 0.6) is 0 Å². The molecule has 0 aliphatic rings. The maximum absolute atomic E-state index is 5.46. The van der Waals surface area contributed by atoms with Crippen LogP contribution in [0.2, 0.25) is 0 Å². The average Bonchev–Trinajstić information content (AvgIpc) is 2.52. The Balaban J connectivity index is 3.36. The molecule has 0 amide bonds. The van der Waals surface area contributed by atoms with Gasteiger partial charge in [0.05, 0.1) is 0 Å². The summed E-state index contributed by atoms with van der Waals surface area (Å²) in [7, 11) is 3.04. The number of hydrogen-bond donors (Lipinski definition) is 4. The van der Waals surface area contributed by atoms with Crippen LogP contribution in [0.15, 0.2) is 0 Å². The largest absolute Gasteiger partial charge is 0.370 e. The number of nitrogens with two attached hydrogens (primary N) is 2. The van der Waals surface area contributed by atoms with Crippen LogP contribution >= 0.6 is 46.0 Å². The quantitative estimate of drug-likeness (QED) is 0.233. The first-order chi connectivity index (χ1) is 10.7. The van der Waals surface area contributed by atoms with E-state index in [-0.39, 0.29) is 0 Å². The van der Waals surface area contributed by atoms with Gasteiger partial charge >= 0.3 is 0 Å². The van der Waals surface area contributed by atoms with Gasteiger partial charge in [0, 0.05) is 13.1 Å². The van der Waals surface area contributed by atoms with Gasteiger partial charge in [0.25, 0.3) is 0 Å². The van der Waals surface area contributed by atoms with Crippen molar-refractivity contribution in [3.8, 4) is 0 Å². The number of thiocarbonyl (C=S) groups is 2. The number of hydrogen-bond acceptors (Lipinski definition) is 6. The lowest BCUT2D eigenvalue weighted by atomic mass is 10.2. The molecule has 0 radical (unpaired) electrons. The first-order valence-corrected chi connectivity index (χ1v) is 11.0. The molecule has 0 saturated heterocycles. The van der Waals surface area contributed by atoms with Crippen molar-refractivity contribution in [1.82, 2.24) is 10.6 Å². The minimum absolute atomic E-state index is 0.787. The SMILES string of the molecule is NCCCCCCNC(=S)SSC(=S)NCCCCCCN. The smallest absolute Gasteiger partial charge is 0.144 e. The molecular weight excluding hydrogens is 352 g/mol. The second kappa shape index (κ2) is 17.7. The lowest BCUT2D eigenvalue weighted by Crippen LogP contribution is -2.21. The van der Waals surface area contributed by atoms with E-state index < -0.39 is 0 Å². The third-order valence-corrected chi connectivity index (χ3v) is 6.34. The molecule has 0 aliphatic heterocycles. The van der Waals surface area contributed by atoms with E-state index in [9.17, 15) is 0 Å². The summed E-state index contributed by atoms with van der Waals surface area (Å²) in [6.45, 7) is 3.43. The van der Waals surface area contributed by atoms with Crippen molar-refractivity contribution in [2.75, 3.05) is 26.2 Å². The van der Waals surface area contributed by atoms with Crippen LogP contribution in [-0.4, -0.2) is 34.8 Å². The van der Waals surface area contributed by atoms with Crippen molar-refractivity contribution < 1.29 is 0 Å². The standard InChI is InChI=1S/C14H30N4S4/c15-9-5-1-3-7-11-17-13(19)21-22-14(20)18-12-8-4-2-6-10-16/h1-12,15-16H2,(H,17,19)(H,18,20). The van der Waals surface area contributed by atoms with Crippen molar-refractivity contribution >= 4 is 54.7 Å². The Hall–Kier alpha value is 0.400. The van der Waals surface area contributed by atoms with E-state index in [0.29, 0.717) is 0 Å². The van der Waals surface area contributed by atoms with E-state index >= 15 is 0 Å². The fraction of sp³-hybridized carbons (Fsp3) is 0.857. The summed E-state index contributed by atoms with van der Waals surface area (Å²) in [6, 6.07) is 0. The first-order valence-electron chi connectivity index (χ1n) is 8.01. The van der Waals surface area contributed by atoms with Crippen LogP contribution < -0.4 is 22.1 Å². The van der Waals surface area contributed by atoms with E-state index in [4.69, 9.17) is 35.9 Å². The first kappa shape index (κ1) is 22.4. The summed E-state index contributed by atoms with van der Waals surface area (Å²) >= 11 is 10.5. The summed E-state index contributed by atoms with van der Waals surface area (Å²) in [5.74, 6) is 0. The zero-order valence-electron chi connectivity index (χ0n) is 13.3. The van der Waals surface area contributed by atoms with Crippen LogP contribution in [0.3, 0.4) is 0 Å². The monoisotopic (exact) mass is 382 g/mol. The molecule has 130 valence electrons. The van der Waals surface area contributed by atoms with Gasteiger partial charge in [-0.05, 0) is 60.4 Å². The maximum Gasteiger partial charge on any atom is 0.144 e. The van der Waals surface area contributed by atoms with Crippen molar-refractivity contribution in [2.45, 2.75) is 51.4 Å². The second-order valence-corrected chi connectivity index (χ2v) is 8.48. The van der Waals surface area contributed by atoms with Crippen molar-refractivity contribution in [3.05, 3.63) is 0 Å². The zero-order valence-corrected chi connectivity index (χ0v) is 16.5. The molecule has 0 aromatic rings. The molecule has 0 heterocycles. The van der Waals surface area contributed by atoms with Crippen LogP contribution in [0, 0.1) is 0 Å². The average molecular weight is 383 g/mol. The predicted octanol–water partition coefficient (Wildman–Crippen LogP) is 3.16. The predicted molar refractivity (Wildman–Crippen MR) is 111 cm³/mol. The topological polar surface area (TPSA) is 76.1 Å². The summed E-state index contributed by atoms with van der Waals surface area (Å²) in [5.41, 5.74) is 10.9. The zero-order chi connectivity index (χ0) is 16.5. The van der Waals surface area contributed by atoms with E-state index in [1.807, 2.05) is 0 Å². The fourth-order valence-electron chi connectivity index (χ4n) is 1.76. The minimum Gasteiger partial charge on any atom is -0.370 e. The molecular formula is C14H30N4S4. The Bertz CT molecular complexity index is 262. The molecule has 0 bridgehead atoms. The third-order valence-electron chi connectivity index (χ3n) is 2.99. The van der Waals surface area contributed by atoms with Gasteiger partial charge in [-0.1, -0.05) is 50.1 Å². The van der Waals surface area contributed by atoms with E-state index in [1.165, 1.54) is 47.3 Å². The van der Waals surface area contributed by atoms with Crippen LogP contribution in [0.25, 0.3) is 0 Å². The molecule has 0 aliphatic carbocycles. The molecule has 0 aromatic heterocycles. The normalized spacial score (nSPS) is 10.5. The van der Waals surface area contributed by atoms with Crippen LogP contribution in [0.4, 0.5) is 0 Å². The molecule has 0 rings (SSSR count). The molecule has 6 N–H and O–H groups in total. The highest BCUT2D eigenvalue weighted by molar-refractivity contribution is 8.89. The van der Waals surface area contributed by atoms with Gasteiger partial charge in [0.15, 0.2) is 0 Å². The lowest BCUT2D eigenvalue weighted by molar-refractivity contribution is 0.639. The number of rotatable bonds is 12. The molecule has 22 heavy (non-hydrogen) atoms. The number of nitrogens with one attached hydrogen (secondary N) is 2. The van der Waals surface area contributed by atoms with Gasteiger partial charge in [-0.25, -0.2) is 0 Å². The highest BCUT2D eigenvalue weighted by Crippen LogP contribution is 2.23. The van der Waals surface area contributed by atoms with Gasteiger partial charge in [-0.3, -0.25) is 0 Å². The highest BCUT2D eigenvalue weighted by atomic mass is 33.1. The van der Waals surface area contributed by atoms with Gasteiger partial charge in [-0.15, -0.1) is 0 Å². The Morgan fingerprint density at radius 2 is 1.00 bits per heavy atom. The Morgan fingerprint density at radius 3 is 1.36 bits per heavy atom. The molecule has 0 unspecified atom stereocenters. The molecule has 0 atom stereocenters. The molecule has 0 spiro atoms. The Labute approximate surface area is 154 Å². The number of unbranched alkanes of at least 4 members (excludes halogenated alkanes) is 6. The van der Waals surface area contributed by atoms with Gasteiger partial charge in [0.1, 0.15) is 8.64 Å². The van der Waals surface area contributed by atoms with Crippen molar-refractivity contribution in [1.29, 1.82) is 0 Å². The fourth-order valence-corrected chi connectivity index (χ4v) is 3.86. The lowest BCUT2D eigenvalue weighted by Gasteiger charge is -2.09. The van der Waals surface area contributed by atoms with Gasteiger partial charge in [0.2, 0.25) is 0 Å². The Kier molecular flexibility index (Phi) is 18.1. The highest BCUT2D eigenvalue weighted by Gasteiger charge is 2.02. The molecule has 0 fully saturated rings. The summed E-state index contributed by atoms with van der Waals surface area (Å²) < 4.78 is 1.60. The minimum atomic E-state index is 0.787. The van der Waals surface area contributed by atoms with Crippen LogP contribution in [0.1, 0.15) is 51.4 Å². The maximum atomic E-state index is 5.46. The molecule has 8 heteroatoms. The van der Waals surface area contributed by atoms with Gasteiger partial charge < -0.3 is 22.1 Å². The summed E-state index contributed by atoms with van der Waals surface area (Å²) in [6.07, 6.45) is 9.30. The molecule has 0 saturated carbocycles. The van der Waals surface area contributed by atoms with Crippen molar-refractivity contribution in [2.24, 2.45) is 11.5 Å². The van der Waals surface area contributed by atoms with Gasteiger partial charge in [-0.2, -0.15) is 0 Å². The van der Waals surface area contributed by atoms with Crippen LogP contribution in [-0.2, 0) is 0 Å². The molecule has 4 nitrogen and oxygen atoms in total.